The van der Waals surface area contributed by atoms with Gasteiger partial charge in [0.1, 0.15) is 11.2 Å². The lowest BCUT2D eigenvalue weighted by molar-refractivity contribution is -0.134. The van der Waals surface area contributed by atoms with Crippen molar-refractivity contribution in [2.24, 2.45) is 0 Å². The summed E-state index contributed by atoms with van der Waals surface area (Å²) in [6.45, 7) is 5.51. The van der Waals surface area contributed by atoms with E-state index >= 15 is 0 Å². The molecule has 0 atom stereocenters. The molecule has 0 aliphatic carbocycles. The van der Waals surface area contributed by atoms with Crippen LogP contribution in [0.25, 0.3) is 0 Å². The Morgan fingerprint density at radius 3 is 2.52 bits per heavy atom. The van der Waals surface area contributed by atoms with Gasteiger partial charge in [-0.1, -0.05) is 12.1 Å². The zero-order valence-electron chi connectivity index (χ0n) is 16.0. The molecule has 0 saturated heterocycles. The van der Waals surface area contributed by atoms with Crippen molar-refractivity contribution in [2.45, 2.75) is 39.5 Å². The minimum absolute atomic E-state index is 0.0150. The molecule has 29 heavy (non-hydrogen) atoms. The first-order valence-electron chi connectivity index (χ1n) is 9.14. The molecule has 3 aromatic rings. The van der Waals surface area contributed by atoms with Crippen molar-refractivity contribution in [1.29, 1.82) is 0 Å². The van der Waals surface area contributed by atoms with Gasteiger partial charge >= 0.3 is 11.9 Å². The van der Waals surface area contributed by atoms with Crippen molar-refractivity contribution in [3.05, 3.63) is 73.1 Å². The molecule has 0 amide bonds. The Kier molecular flexibility index (Phi) is 4.94. The largest absolute Gasteiger partial charge is 0.425 e. The van der Waals surface area contributed by atoms with E-state index in [-0.39, 0.29) is 6.54 Å². The third-order valence-electron chi connectivity index (χ3n) is 5.13. The fourth-order valence-electron chi connectivity index (χ4n) is 3.42. The molecule has 0 saturated carbocycles. The van der Waals surface area contributed by atoms with Crippen LogP contribution in [0, 0.1) is 13.8 Å². The fraction of sp³-hybridized carbons (Fsp3) is 0.350. The second kappa shape index (κ2) is 7.29. The number of aromatic nitrogens is 3. The first kappa shape index (κ1) is 19.6. The second-order valence-corrected chi connectivity index (χ2v) is 8.38. The van der Waals surface area contributed by atoms with Crippen molar-refractivity contribution in [3.63, 3.8) is 0 Å². The molecule has 2 aromatic heterocycles. The van der Waals surface area contributed by atoms with Crippen LogP contribution in [-0.4, -0.2) is 21.1 Å². The highest BCUT2D eigenvalue weighted by Crippen LogP contribution is 2.34. The number of alkyl halides is 3. The molecule has 1 aromatic carbocycles. The molecule has 9 heteroatoms. The van der Waals surface area contributed by atoms with E-state index in [1.54, 1.807) is 0 Å². The van der Waals surface area contributed by atoms with E-state index in [9.17, 15) is 18.0 Å². The van der Waals surface area contributed by atoms with Crippen LogP contribution in [0.15, 0.2) is 35.4 Å². The van der Waals surface area contributed by atoms with Gasteiger partial charge in [0, 0.05) is 18.0 Å². The average Bonchev–Trinajstić information content (AvgIpc) is 3.13. The standard InChI is InChI=1S/C20H19F3N4OS/c1-12-7-14-5-6-26(9-15(14)8-13(12)2)18-24-11-27(19(28)25-18)10-16-3-4-17(29-16)20(21,22)23/h3-4,7-8,11H,5-6,9-10H2,1-2H3. The van der Waals surface area contributed by atoms with E-state index in [0.29, 0.717) is 35.3 Å². The highest BCUT2D eigenvalue weighted by Gasteiger charge is 2.32. The summed E-state index contributed by atoms with van der Waals surface area (Å²) >= 11 is 0.620. The Hall–Kier alpha value is -2.68. The summed E-state index contributed by atoms with van der Waals surface area (Å²) in [4.78, 5) is 22.5. The van der Waals surface area contributed by atoms with Gasteiger partial charge in [-0.2, -0.15) is 18.2 Å². The molecular formula is C20H19F3N4OS. The molecule has 1 aliphatic rings. The van der Waals surface area contributed by atoms with Crippen LogP contribution in [0.1, 0.15) is 32.0 Å². The third-order valence-corrected chi connectivity index (χ3v) is 6.25. The van der Waals surface area contributed by atoms with Gasteiger partial charge in [-0.3, -0.25) is 4.57 Å². The molecule has 4 rings (SSSR count). The molecule has 5 nitrogen and oxygen atoms in total. The van der Waals surface area contributed by atoms with E-state index in [4.69, 9.17) is 0 Å². The van der Waals surface area contributed by atoms with Gasteiger partial charge in [0.25, 0.3) is 0 Å². The lowest BCUT2D eigenvalue weighted by Crippen LogP contribution is -2.35. The number of hydrogen-bond acceptors (Lipinski definition) is 5. The molecule has 3 heterocycles. The van der Waals surface area contributed by atoms with Gasteiger partial charge in [0.15, 0.2) is 0 Å². The highest BCUT2D eigenvalue weighted by atomic mass is 32.1. The second-order valence-electron chi connectivity index (χ2n) is 7.21. The summed E-state index contributed by atoms with van der Waals surface area (Å²) < 4.78 is 39.4. The van der Waals surface area contributed by atoms with E-state index in [0.717, 1.165) is 12.5 Å². The van der Waals surface area contributed by atoms with Crippen molar-refractivity contribution in [2.75, 3.05) is 11.4 Å². The quantitative estimate of drug-likeness (QED) is 0.644. The summed E-state index contributed by atoms with van der Waals surface area (Å²) in [5.41, 5.74) is 4.46. The Morgan fingerprint density at radius 2 is 1.86 bits per heavy atom. The van der Waals surface area contributed by atoms with E-state index in [1.165, 1.54) is 39.2 Å². The number of benzene rings is 1. The van der Waals surface area contributed by atoms with E-state index < -0.39 is 16.7 Å². The van der Waals surface area contributed by atoms with E-state index in [1.807, 2.05) is 4.90 Å². The highest BCUT2D eigenvalue weighted by molar-refractivity contribution is 7.12. The van der Waals surface area contributed by atoms with Crippen LogP contribution in [-0.2, 0) is 25.7 Å². The van der Waals surface area contributed by atoms with Gasteiger partial charge in [0.2, 0.25) is 5.95 Å². The van der Waals surface area contributed by atoms with Crippen LogP contribution in [0.5, 0.6) is 0 Å². The summed E-state index contributed by atoms with van der Waals surface area (Å²) in [5, 5.41) is 0. The Bertz CT molecular complexity index is 1120. The molecular weight excluding hydrogens is 401 g/mol. The molecule has 0 spiro atoms. The van der Waals surface area contributed by atoms with Crippen molar-refractivity contribution in [3.8, 4) is 0 Å². The average molecular weight is 420 g/mol. The Labute approximate surface area is 169 Å². The minimum Gasteiger partial charge on any atom is -0.336 e. The smallest absolute Gasteiger partial charge is 0.336 e. The maximum Gasteiger partial charge on any atom is 0.425 e. The van der Waals surface area contributed by atoms with Crippen LogP contribution >= 0.6 is 11.3 Å². The predicted octanol–water partition coefficient (Wildman–Crippen LogP) is 3.95. The summed E-state index contributed by atoms with van der Waals surface area (Å²) in [6.07, 6.45) is -2.18. The number of hydrogen-bond donors (Lipinski definition) is 0. The Balaban J connectivity index is 1.52. The van der Waals surface area contributed by atoms with Crippen LogP contribution in [0.2, 0.25) is 0 Å². The number of nitrogens with zero attached hydrogens (tertiary/aromatic N) is 4. The van der Waals surface area contributed by atoms with E-state index in [2.05, 4.69) is 35.9 Å². The molecule has 0 fully saturated rings. The summed E-state index contributed by atoms with van der Waals surface area (Å²) in [7, 11) is 0. The van der Waals surface area contributed by atoms with Gasteiger partial charge in [-0.15, -0.1) is 11.3 Å². The van der Waals surface area contributed by atoms with Crippen LogP contribution < -0.4 is 10.6 Å². The maximum atomic E-state index is 12.7. The summed E-state index contributed by atoms with van der Waals surface area (Å²) in [5.74, 6) is 0.345. The topological polar surface area (TPSA) is 51.0 Å². The van der Waals surface area contributed by atoms with Gasteiger partial charge in [0.05, 0.1) is 6.54 Å². The normalized spacial score (nSPS) is 14.2. The molecule has 0 N–H and O–H groups in total. The molecule has 152 valence electrons. The number of anilines is 1. The molecule has 0 bridgehead atoms. The first-order valence-corrected chi connectivity index (χ1v) is 9.95. The maximum absolute atomic E-state index is 12.7. The van der Waals surface area contributed by atoms with Gasteiger partial charge in [-0.25, -0.2) is 9.78 Å². The zero-order valence-corrected chi connectivity index (χ0v) is 16.8. The lowest BCUT2D eigenvalue weighted by atomic mass is 9.95. The molecule has 0 unspecified atom stereocenters. The first-order chi connectivity index (χ1) is 13.7. The molecule has 1 aliphatic heterocycles. The number of rotatable bonds is 3. The minimum atomic E-state index is -4.38. The number of aryl methyl sites for hydroxylation is 2. The summed E-state index contributed by atoms with van der Waals surface area (Å²) in [6, 6.07) is 6.76. The fourth-order valence-corrected chi connectivity index (χ4v) is 4.29. The van der Waals surface area contributed by atoms with Gasteiger partial charge < -0.3 is 4.90 Å². The predicted molar refractivity (Wildman–Crippen MR) is 105 cm³/mol. The number of halogens is 3. The molecule has 0 radical (unpaired) electrons. The Morgan fingerprint density at radius 1 is 1.14 bits per heavy atom. The number of thiophene rings is 1. The van der Waals surface area contributed by atoms with Crippen molar-refractivity contribution >= 4 is 17.3 Å². The van der Waals surface area contributed by atoms with Gasteiger partial charge in [-0.05, 0) is 54.7 Å². The third kappa shape index (κ3) is 4.05. The lowest BCUT2D eigenvalue weighted by Gasteiger charge is -2.29. The number of fused-ring (bicyclic) bond motifs is 1. The zero-order chi connectivity index (χ0) is 20.8. The monoisotopic (exact) mass is 420 g/mol. The SMILES string of the molecule is Cc1cc2c(cc1C)CN(c1ncn(Cc3ccc(C(F)(F)F)s3)c(=O)n1)CC2. The van der Waals surface area contributed by atoms with Crippen molar-refractivity contribution < 1.29 is 13.2 Å². The van der Waals surface area contributed by atoms with Crippen molar-refractivity contribution in [1.82, 2.24) is 14.5 Å². The van der Waals surface area contributed by atoms with Crippen LogP contribution in [0.3, 0.4) is 0 Å². The van der Waals surface area contributed by atoms with Crippen LogP contribution in [0.4, 0.5) is 19.1 Å².